The lowest BCUT2D eigenvalue weighted by molar-refractivity contribution is -0.132. The highest BCUT2D eigenvalue weighted by atomic mass is 32.2. The molecule has 1 atom stereocenters. The Kier molecular flexibility index (Phi) is 8.58. The minimum atomic E-state index is -2.65. The van der Waals surface area contributed by atoms with Crippen molar-refractivity contribution in [2.45, 2.75) is 42.9 Å². The van der Waals surface area contributed by atoms with Gasteiger partial charge < -0.3 is 9.66 Å². The summed E-state index contributed by atoms with van der Waals surface area (Å²) in [5, 5.41) is 15.9. The summed E-state index contributed by atoms with van der Waals surface area (Å²) in [5.41, 5.74) is 3.58. The van der Waals surface area contributed by atoms with E-state index in [4.69, 9.17) is 5.10 Å². The summed E-state index contributed by atoms with van der Waals surface area (Å²) in [4.78, 5) is 11.6. The van der Waals surface area contributed by atoms with Crippen LogP contribution in [0.3, 0.4) is 0 Å². The van der Waals surface area contributed by atoms with E-state index < -0.39 is 28.9 Å². The number of aliphatic carboxylic acids is 1. The molecule has 0 bridgehead atoms. The summed E-state index contributed by atoms with van der Waals surface area (Å²) < 4.78 is 51.9. The van der Waals surface area contributed by atoms with E-state index in [9.17, 15) is 27.4 Å². The smallest absolute Gasteiger partial charge is 0.331 e. The highest BCUT2D eigenvalue weighted by molar-refractivity contribution is 8.10. The quantitative estimate of drug-likeness (QED) is 0.134. The maximum atomic E-state index is 14.8. The van der Waals surface area contributed by atoms with Crippen LogP contribution in [0.5, 0.6) is 0 Å². The third kappa shape index (κ3) is 6.01. The molecule has 1 aliphatic carbocycles. The van der Waals surface area contributed by atoms with E-state index in [1.807, 2.05) is 54.6 Å². The van der Waals surface area contributed by atoms with Crippen LogP contribution in [-0.2, 0) is 27.7 Å². The molecule has 1 fully saturated rings. The second-order valence-electron chi connectivity index (χ2n) is 10.2. The minimum Gasteiger partial charge on any atom is -0.478 e. The number of nitrogens with zero attached hydrogens (tertiary/aromatic N) is 2. The predicted octanol–water partition coefficient (Wildman–Crippen LogP) is 7.84. The van der Waals surface area contributed by atoms with Crippen molar-refractivity contribution in [1.29, 1.82) is 0 Å². The highest BCUT2D eigenvalue weighted by Gasteiger charge is 2.56. The fourth-order valence-corrected chi connectivity index (χ4v) is 5.91. The SMILES string of the molecule is C=C(S/C=C(\C)C(=O)O)n1nc(-c2cccc(-c3ccccc3)c2)c(Cc2ccc(S(=O)O)cc2)c1C1(C(F)F)CC1. The third-order valence-corrected chi connectivity index (χ3v) is 8.95. The zero-order valence-corrected chi connectivity index (χ0v) is 24.3. The normalized spacial score (nSPS) is 15.0. The second kappa shape index (κ2) is 12.2. The Morgan fingerprint density at radius 3 is 2.31 bits per heavy atom. The van der Waals surface area contributed by atoms with Gasteiger partial charge in [-0.15, -0.1) is 0 Å². The van der Waals surface area contributed by atoms with Crippen LogP contribution in [0.4, 0.5) is 8.78 Å². The molecule has 0 spiro atoms. The maximum Gasteiger partial charge on any atom is 0.331 e. The van der Waals surface area contributed by atoms with Crippen LogP contribution in [0.15, 0.2) is 101 Å². The van der Waals surface area contributed by atoms with E-state index in [0.717, 1.165) is 34.0 Å². The molecule has 0 amide bonds. The Morgan fingerprint density at radius 1 is 1.07 bits per heavy atom. The number of hydrogen-bond acceptors (Lipinski definition) is 4. The number of rotatable bonds is 11. The lowest BCUT2D eigenvalue weighted by Gasteiger charge is -2.19. The lowest BCUT2D eigenvalue weighted by Crippen LogP contribution is -2.23. The zero-order valence-electron chi connectivity index (χ0n) is 22.7. The van der Waals surface area contributed by atoms with Gasteiger partial charge in [0, 0.05) is 23.1 Å². The van der Waals surface area contributed by atoms with E-state index >= 15 is 0 Å². The Hall–Kier alpha value is -3.86. The first-order valence-corrected chi connectivity index (χ1v) is 15.1. The van der Waals surface area contributed by atoms with Gasteiger partial charge in [-0.05, 0) is 60.1 Å². The van der Waals surface area contributed by atoms with Crippen LogP contribution in [-0.4, -0.2) is 36.0 Å². The molecule has 5 rings (SSSR count). The summed E-state index contributed by atoms with van der Waals surface area (Å²) in [7, 11) is 0. The summed E-state index contributed by atoms with van der Waals surface area (Å²) in [6.07, 6.45) is -1.85. The molecule has 0 radical (unpaired) electrons. The summed E-state index contributed by atoms with van der Waals surface area (Å²) in [5.74, 6) is -1.09. The molecule has 216 valence electrons. The van der Waals surface area contributed by atoms with Gasteiger partial charge in [0.05, 0.1) is 26.7 Å². The second-order valence-corrected chi connectivity index (χ2v) is 12.1. The number of carboxylic acid groups (broad SMARTS) is 1. The first-order valence-electron chi connectivity index (χ1n) is 13.1. The van der Waals surface area contributed by atoms with Gasteiger partial charge in [0.2, 0.25) is 6.43 Å². The first-order chi connectivity index (χ1) is 20.1. The molecule has 1 saturated carbocycles. The Bertz CT molecular complexity index is 1700. The molecule has 42 heavy (non-hydrogen) atoms. The van der Waals surface area contributed by atoms with E-state index in [1.54, 1.807) is 24.3 Å². The molecular weight excluding hydrogens is 578 g/mol. The van der Waals surface area contributed by atoms with Crippen molar-refractivity contribution in [2.24, 2.45) is 0 Å². The molecule has 1 aliphatic rings. The van der Waals surface area contributed by atoms with Gasteiger partial charge in [-0.3, -0.25) is 0 Å². The van der Waals surface area contributed by atoms with Gasteiger partial charge in [0.1, 0.15) is 0 Å². The van der Waals surface area contributed by atoms with Gasteiger partial charge in [0.15, 0.2) is 11.1 Å². The molecule has 1 unspecified atom stereocenters. The van der Waals surface area contributed by atoms with Gasteiger partial charge in [-0.2, -0.15) is 5.10 Å². The fraction of sp³-hybridized carbons (Fsp3) is 0.188. The number of alkyl halides is 2. The molecule has 3 aromatic carbocycles. The van der Waals surface area contributed by atoms with Gasteiger partial charge in [0.25, 0.3) is 0 Å². The van der Waals surface area contributed by atoms with Crippen molar-refractivity contribution >= 4 is 33.8 Å². The van der Waals surface area contributed by atoms with E-state index in [-0.39, 0.29) is 29.7 Å². The van der Waals surface area contributed by atoms with Crippen molar-refractivity contribution in [3.05, 3.63) is 113 Å². The number of halogens is 2. The maximum absolute atomic E-state index is 14.8. The van der Waals surface area contributed by atoms with Gasteiger partial charge >= 0.3 is 5.97 Å². The van der Waals surface area contributed by atoms with E-state index in [2.05, 4.69) is 6.58 Å². The van der Waals surface area contributed by atoms with Crippen LogP contribution in [0, 0.1) is 0 Å². The molecule has 0 saturated heterocycles. The third-order valence-electron chi connectivity index (χ3n) is 7.36. The molecule has 6 nitrogen and oxygen atoms in total. The Labute approximate surface area is 249 Å². The Balaban J connectivity index is 1.70. The van der Waals surface area contributed by atoms with Crippen molar-refractivity contribution in [1.82, 2.24) is 9.78 Å². The number of carbonyl (C=O) groups is 1. The molecule has 0 aliphatic heterocycles. The molecule has 1 aromatic heterocycles. The highest BCUT2D eigenvalue weighted by Crippen LogP contribution is 2.56. The van der Waals surface area contributed by atoms with E-state index in [0.29, 0.717) is 22.0 Å². The minimum absolute atomic E-state index is 0.0854. The number of carboxylic acids is 1. The standard InChI is InChI=1S/C32H28F2N2O4S2/c1-20(30(37)38)19-41-21(2)36-29(32(15-16-32)31(33)34)27(17-22-11-13-26(14-12-22)42(39)40)28(35-36)25-10-6-9-24(18-25)23-7-4-3-5-8-23/h3-14,18-19,31H,2,15-17H2,1H3,(H,37,38)(H,39,40)/b20-19+. The van der Waals surface area contributed by atoms with Crippen molar-refractivity contribution in [2.75, 3.05) is 0 Å². The topological polar surface area (TPSA) is 92.4 Å². The van der Waals surface area contributed by atoms with Crippen LogP contribution in [0.25, 0.3) is 27.4 Å². The van der Waals surface area contributed by atoms with Crippen LogP contribution >= 0.6 is 11.8 Å². The predicted molar refractivity (Wildman–Crippen MR) is 163 cm³/mol. The summed E-state index contributed by atoms with van der Waals surface area (Å²) >= 11 is -1.12. The van der Waals surface area contributed by atoms with Crippen LogP contribution in [0.2, 0.25) is 0 Å². The average Bonchev–Trinajstić information content (AvgIpc) is 3.72. The molecule has 10 heteroatoms. The average molecular weight is 607 g/mol. The van der Waals surface area contributed by atoms with Crippen molar-refractivity contribution in [3.63, 3.8) is 0 Å². The van der Waals surface area contributed by atoms with Crippen LogP contribution < -0.4 is 0 Å². The Morgan fingerprint density at radius 2 is 1.71 bits per heavy atom. The van der Waals surface area contributed by atoms with Gasteiger partial charge in [-0.25, -0.2) is 22.5 Å². The van der Waals surface area contributed by atoms with Crippen molar-refractivity contribution in [3.8, 4) is 22.4 Å². The van der Waals surface area contributed by atoms with Crippen molar-refractivity contribution < 1.29 is 27.4 Å². The molecule has 2 N–H and O–H groups in total. The molecule has 1 heterocycles. The van der Waals surface area contributed by atoms with Gasteiger partial charge in [-0.1, -0.05) is 79.0 Å². The first kappa shape index (κ1) is 29.6. The number of thioether (sulfide) groups is 1. The number of aromatic nitrogens is 2. The summed E-state index contributed by atoms with van der Waals surface area (Å²) in [6.45, 7) is 5.54. The lowest BCUT2D eigenvalue weighted by atomic mass is 9.91. The number of hydrogen-bond donors (Lipinski definition) is 2. The van der Waals surface area contributed by atoms with Crippen LogP contribution in [0.1, 0.15) is 36.6 Å². The van der Waals surface area contributed by atoms with E-state index in [1.165, 1.54) is 17.0 Å². The molecule has 4 aromatic rings. The number of benzene rings is 3. The fourth-order valence-electron chi connectivity index (χ4n) is 4.90. The zero-order chi connectivity index (χ0) is 30.0. The molecular formula is C32H28F2N2O4S2. The summed E-state index contributed by atoms with van der Waals surface area (Å²) in [6, 6.07) is 24.0. The largest absolute Gasteiger partial charge is 0.478 e. The monoisotopic (exact) mass is 606 g/mol.